The number of hydrogen-bond acceptors (Lipinski definition) is 6. The van der Waals surface area contributed by atoms with Crippen molar-refractivity contribution < 1.29 is 14.7 Å². The fourth-order valence-corrected chi connectivity index (χ4v) is 3.48. The van der Waals surface area contributed by atoms with Crippen molar-refractivity contribution in [2.24, 2.45) is 4.99 Å². The topological polar surface area (TPSA) is 82.9 Å². The SMILES string of the molecule is CN1C(=O)/C(=C\c2ccccc2C(=O)O)S/C1=N/c1nccs1. The van der Waals surface area contributed by atoms with Gasteiger partial charge < -0.3 is 5.11 Å². The van der Waals surface area contributed by atoms with E-state index in [0.29, 0.717) is 20.8 Å². The fourth-order valence-electron chi connectivity index (χ4n) is 1.96. The third kappa shape index (κ3) is 3.17. The second-order valence-corrected chi connectivity index (χ2v) is 6.46. The van der Waals surface area contributed by atoms with E-state index in [1.165, 1.54) is 34.1 Å². The molecule has 1 aliphatic rings. The third-order valence-electron chi connectivity index (χ3n) is 3.09. The highest BCUT2D eigenvalue weighted by Crippen LogP contribution is 2.33. The zero-order valence-corrected chi connectivity index (χ0v) is 13.6. The Labute approximate surface area is 140 Å². The Morgan fingerprint density at radius 3 is 2.87 bits per heavy atom. The molecule has 0 atom stereocenters. The van der Waals surface area contributed by atoms with E-state index >= 15 is 0 Å². The molecule has 0 radical (unpaired) electrons. The maximum atomic E-state index is 12.3. The number of carbonyl (C=O) groups is 2. The van der Waals surface area contributed by atoms with E-state index in [9.17, 15) is 14.7 Å². The molecule has 1 aliphatic heterocycles. The summed E-state index contributed by atoms with van der Waals surface area (Å²) in [6, 6.07) is 6.56. The van der Waals surface area contributed by atoms with Gasteiger partial charge in [-0.2, -0.15) is 4.99 Å². The molecule has 0 bridgehead atoms. The molecule has 0 unspecified atom stereocenters. The van der Waals surface area contributed by atoms with Crippen LogP contribution >= 0.6 is 23.1 Å². The molecule has 1 amide bonds. The van der Waals surface area contributed by atoms with Gasteiger partial charge in [0, 0.05) is 18.6 Å². The van der Waals surface area contributed by atoms with Gasteiger partial charge in [-0.15, -0.1) is 11.3 Å². The van der Waals surface area contributed by atoms with Gasteiger partial charge in [0.25, 0.3) is 5.91 Å². The summed E-state index contributed by atoms with van der Waals surface area (Å²) in [6.45, 7) is 0. The van der Waals surface area contributed by atoms with Crippen LogP contribution in [0.15, 0.2) is 45.7 Å². The molecule has 0 spiro atoms. The summed E-state index contributed by atoms with van der Waals surface area (Å²) < 4.78 is 0. The molecule has 1 aromatic carbocycles. The number of hydrogen-bond donors (Lipinski definition) is 1. The molecule has 2 heterocycles. The molecule has 1 fully saturated rings. The molecule has 0 saturated carbocycles. The van der Waals surface area contributed by atoms with Crippen molar-refractivity contribution in [1.29, 1.82) is 0 Å². The highest BCUT2D eigenvalue weighted by Gasteiger charge is 2.31. The van der Waals surface area contributed by atoms with E-state index in [4.69, 9.17) is 0 Å². The lowest BCUT2D eigenvalue weighted by Gasteiger charge is -2.05. The maximum Gasteiger partial charge on any atom is 0.336 e. The Bertz CT molecular complexity index is 828. The molecular weight excluding hydrogens is 334 g/mol. The number of amidine groups is 1. The van der Waals surface area contributed by atoms with Crippen molar-refractivity contribution in [2.75, 3.05) is 7.05 Å². The van der Waals surface area contributed by atoms with Gasteiger partial charge in [-0.05, 0) is 29.5 Å². The summed E-state index contributed by atoms with van der Waals surface area (Å²) >= 11 is 2.58. The van der Waals surface area contributed by atoms with Crippen molar-refractivity contribution >= 4 is 51.4 Å². The number of carboxylic acids is 1. The van der Waals surface area contributed by atoms with Crippen LogP contribution < -0.4 is 0 Å². The van der Waals surface area contributed by atoms with Crippen molar-refractivity contribution in [3.63, 3.8) is 0 Å². The lowest BCUT2D eigenvalue weighted by atomic mass is 10.1. The Balaban J connectivity index is 1.96. The van der Waals surface area contributed by atoms with Gasteiger partial charge in [-0.1, -0.05) is 18.2 Å². The second kappa shape index (κ2) is 6.35. The fraction of sp³-hybridized carbons (Fsp3) is 0.0667. The van der Waals surface area contributed by atoms with Gasteiger partial charge in [0.15, 0.2) is 5.17 Å². The number of aromatic nitrogens is 1. The van der Waals surface area contributed by atoms with E-state index in [2.05, 4.69) is 9.98 Å². The summed E-state index contributed by atoms with van der Waals surface area (Å²) in [7, 11) is 1.63. The zero-order chi connectivity index (χ0) is 16.4. The first-order chi connectivity index (χ1) is 11.1. The minimum Gasteiger partial charge on any atom is -0.478 e. The number of nitrogens with zero attached hydrogens (tertiary/aromatic N) is 3. The van der Waals surface area contributed by atoms with Crippen LogP contribution in [-0.4, -0.2) is 39.1 Å². The second-order valence-electron chi connectivity index (χ2n) is 4.58. The molecule has 0 aliphatic carbocycles. The van der Waals surface area contributed by atoms with Crippen LogP contribution in [0.25, 0.3) is 6.08 Å². The summed E-state index contributed by atoms with van der Waals surface area (Å²) in [4.78, 5) is 33.8. The van der Waals surface area contributed by atoms with E-state index in [1.54, 1.807) is 42.9 Å². The molecular formula is C15H11N3O3S2. The zero-order valence-electron chi connectivity index (χ0n) is 12.0. The average Bonchev–Trinajstić information content (AvgIpc) is 3.13. The molecule has 2 aromatic rings. The number of aliphatic imine (C=N–C) groups is 1. The molecule has 6 nitrogen and oxygen atoms in total. The molecule has 1 N–H and O–H groups in total. The first kappa shape index (κ1) is 15.4. The number of thiazole rings is 1. The molecule has 23 heavy (non-hydrogen) atoms. The summed E-state index contributed by atoms with van der Waals surface area (Å²) in [5.74, 6) is -1.25. The number of carboxylic acid groups (broad SMARTS) is 1. The number of likely N-dealkylation sites (N-methyl/N-ethyl adjacent to an activating group) is 1. The van der Waals surface area contributed by atoms with E-state index in [0.717, 1.165) is 0 Å². The first-order valence-corrected chi connectivity index (χ1v) is 8.24. The molecule has 1 aromatic heterocycles. The van der Waals surface area contributed by atoms with Gasteiger partial charge in [0.1, 0.15) is 0 Å². The Hall–Kier alpha value is -2.45. The maximum absolute atomic E-state index is 12.3. The van der Waals surface area contributed by atoms with Gasteiger partial charge in [0.2, 0.25) is 5.13 Å². The number of aromatic carboxylic acids is 1. The normalized spacial score (nSPS) is 18.1. The Morgan fingerprint density at radius 2 is 2.17 bits per heavy atom. The molecule has 3 rings (SSSR count). The summed E-state index contributed by atoms with van der Waals surface area (Å²) in [6.07, 6.45) is 3.22. The standard InChI is InChI=1S/C15H11N3O3S2/c1-18-12(19)11(23-15(18)17-14-16-6-7-22-14)8-9-4-2-3-5-10(9)13(20)21/h2-8H,1H3,(H,20,21)/b11-8+,17-15+. The van der Waals surface area contributed by atoms with Crippen molar-refractivity contribution in [3.05, 3.63) is 51.9 Å². The molecule has 1 saturated heterocycles. The Kier molecular flexibility index (Phi) is 4.26. The van der Waals surface area contributed by atoms with Crippen LogP contribution in [0.2, 0.25) is 0 Å². The Morgan fingerprint density at radius 1 is 1.39 bits per heavy atom. The number of thioether (sulfide) groups is 1. The lowest BCUT2D eigenvalue weighted by Crippen LogP contribution is -2.23. The van der Waals surface area contributed by atoms with Crippen LogP contribution in [0.5, 0.6) is 0 Å². The van der Waals surface area contributed by atoms with Gasteiger partial charge >= 0.3 is 5.97 Å². The van der Waals surface area contributed by atoms with Crippen molar-refractivity contribution in [1.82, 2.24) is 9.88 Å². The minimum absolute atomic E-state index is 0.154. The van der Waals surface area contributed by atoms with Gasteiger partial charge in [-0.3, -0.25) is 9.69 Å². The van der Waals surface area contributed by atoms with Gasteiger partial charge in [0.05, 0.1) is 10.5 Å². The van der Waals surface area contributed by atoms with Crippen LogP contribution in [0.4, 0.5) is 5.13 Å². The minimum atomic E-state index is -1.03. The predicted octanol–water partition coefficient (Wildman–Crippen LogP) is 3.08. The number of benzene rings is 1. The van der Waals surface area contributed by atoms with E-state index < -0.39 is 5.97 Å². The van der Waals surface area contributed by atoms with E-state index in [1.807, 2.05) is 0 Å². The number of carbonyl (C=O) groups excluding carboxylic acids is 1. The number of rotatable bonds is 3. The van der Waals surface area contributed by atoms with Crippen molar-refractivity contribution in [2.45, 2.75) is 0 Å². The highest BCUT2D eigenvalue weighted by molar-refractivity contribution is 8.18. The van der Waals surface area contributed by atoms with Crippen molar-refractivity contribution in [3.8, 4) is 0 Å². The highest BCUT2D eigenvalue weighted by atomic mass is 32.2. The molecule has 116 valence electrons. The van der Waals surface area contributed by atoms with Crippen LogP contribution in [0.1, 0.15) is 15.9 Å². The van der Waals surface area contributed by atoms with Crippen LogP contribution in [0, 0.1) is 0 Å². The van der Waals surface area contributed by atoms with Crippen LogP contribution in [-0.2, 0) is 4.79 Å². The lowest BCUT2D eigenvalue weighted by molar-refractivity contribution is -0.121. The average molecular weight is 345 g/mol. The first-order valence-electron chi connectivity index (χ1n) is 6.54. The quantitative estimate of drug-likeness (QED) is 0.865. The van der Waals surface area contributed by atoms with Gasteiger partial charge in [-0.25, -0.2) is 9.78 Å². The van der Waals surface area contributed by atoms with E-state index in [-0.39, 0.29) is 11.5 Å². The number of amides is 1. The molecule has 8 heteroatoms. The predicted molar refractivity (Wildman–Crippen MR) is 90.9 cm³/mol. The largest absolute Gasteiger partial charge is 0.478 e. The summed E-state index contributed by atoms with van der Waals surface area (Å²) in [5, 5.41) is 12.1. The third-order valence-corrected chi connectivity index (χ3v) is 4.82. The van der Waals surface area contributed by atoms with Crippen LogP contribution in [0.3, 0.4) is 0 Å². The smallest absolute Gasteiger partial charge is 0.336 e. The summed E-state index contributed by atoms with van der Waals surface area (Å²) in [5.41, 5.74) is 0.640. The monoisotopic (exact) mass is 345 g/mol.